The molecule has 4 aromatic rings. The van der Waals surface area contributed by atoms with E-state index in [1.54, 1.807) is 24.3 Å². The van der Waals surface area contributed by atoms with Crippen molar-refractivity contribution >= 4 is 11.9 Å². The molecule has 0 saturated carbocycles. The molecular weight excluding hydrogens is 345 g/mol. The fourth-order valence-electron chi connectivity index (χ4n) is 2.63. The Morgan fingerprint density at radius 2 is 1.52 bits per heavy atom. The molecule has 0 aliphatic rings. The maximum Gasteiger partial charge on any atom is 0.322 e. The van der Waals surface area contributed by atoms with Gasteiger partial charge >= 0.3 is 6.01 Å². The second-order valence-electron chi connectivity index (χ2n) is 5.82. The van der Waals surface area contributed by atoms with Crippen molar-refractivity contribution in [2.75, 3.05) is 5.32 Å². The van der Waals surface area contributed by atoms with Gasteiger partial charge in [0.05, 0.1) is 0 Å². The summed E-state index contributed by atoms with van der Waals surface area (Å²) in [7, 11) is 0. The summed E-state index contributed by atoms with van der Waals surface area (Å²) in [5, 5.41) is 10.2. The lowest BCUT2D eigenvalue weighted by Crippen LogP contribution is -2.11. The van der Waals surface area contributed by atoms with E-state index in [-0.39, 0.29) is 17.8 Å². The molecule has 27 heavy (non-hydrogen) atoms. The van der Waals surface area contributed by atoms with Gasteiger partial charge in [0.1, 0.15) is 5.82 Å². The lowest BCUT2D eigenvalue weighted by molar-refractivity contribution is 0.102. The Morgan fingerprint density at radius 3 is 2.26 bits per heavy atom. The number of rotatable bonds is 4. The predicted molar refractivity (Wildman–Crippen MR) is 99.5 cm³/mol. The summed E-state index contributed by atoms with van der Waals surface area (Å²) in [5.41, 5.74) is 2.98. The van der Waals surface area contributed by atoms with Gasteiger partial charge in [-0.15, -0.1) is 5.10 Å². The zero-order chi connectivity index (χ0) is 18.6. The van der Waals surface area contributed by atoms with Crippen LogP contribution in [0.5, 0.6) is 0 Å². The van der Waals surface area contributed by atoms with Crippen molar-refractivity contribution < 1.29 is 13.6 Å². The highest BCUT2D eigenvalue weighted by atomic mass is 19.1. The van der Waals surface area contributed by atoms with Crippen LogP contribution >= 0.6 is 0 Å². The van der Waals surface area contributed by atoms with Crippen LogP contribution in [0.1, 0.15) is 10.4 Å². The Morgan fingerprint density at radius 1 is 0.815 bits per heavy atom. The van der Waals surface area contributed by atoms with Crippen LogP contribution in [0, 0.1) is 5.82 Å². The van der Waals surface area contributed by atoms with E-state index in [0.29, 0.717) is 11.1 Å². The number of hydrogen-bond donors (Lipinski definition) is 1. The Bertz CT molecular complexity index is 1080. The Labute approximate surface area is 154 Å². The first-order valence-electron chi connectivity index (χ1n) is 8.25. The maximum atomic E-state index is 13.3. The zero-order valence-electron chi connectivity index (χ0n) is 14.1. The van der Waals surface area contributed by atoms with E-state index in [1.165, 1.54) is 12.1 Å². The van der Waals surface area contributed by atoms with Crippen molar-refractivity contribution in [2.24, 2.45) is 0 Å². The summed E-state index contributed by atoms with van der Waals surface area (Å²) >= 11 is 0. The number of aromatic nitrogens is 2. The van der Waals surface area contributed by atoms with E-state index in [9.17, 15) is 9.18 Å². The SMILES string of the molecule is O=C(Nc1nnc(-c2cccc(F)c2)o1)c1ccc(-c2ccccc2)cc1. The fraction of sp³-hybridized carbons (Fsp3) is 0. The van der Waals surface area contributed by atoms with Crippen molar-refractivity contribution in [3.63, 3.8) is 0 Å². The van der Waals surface area contributed by atoms with Crippen LogP contribution in [-0.4, -0.2) is 16.1 Å². The van der Waals surface area contributed by atoms with Crippen molar-refractivity contribution in [3.05, 3.63) is 90.2 Å². The number of carbonyl (C=O) groups is 1. The topological polar surface area (TPSA) is 68.0 Å². The second-order valence-corrected chi connectivity index (χ2v) is 5.82. The lowest BCUT2D eigenvalue weighted by Gasteiger charge is -2.04. The summed E-state index contributed by atoms with van der Waals surface area (Å²) in [6.45, 7) is 0. The third-order valence-electron chi connectivity index (χ3n) is 3.97. The fourth-order valence-corrected chi connectivity index (χ4v) is 2.63. The minimum absolute atomic E-state index is 0.0496. The van der Waals surface area contributed by atoms with Gasteiger partial charge in [0, 0.05) is 11.1 Å². The minimum atomic E-state index is -0.408. The predicted octanol–water partition coefficient (Wildman–Crippen LogP) is 4.80. The van der Waals surface area contributed by atoms with Gasteiger partial charge in [-0.05, 0) is 41.5 Å². The molecule has 1 aromatic heterocycles. The van der Waals surface area contributed by atoms with E-state index >= 15 is 0 Å². The van der Waals surface area contributed by atoms with Crippen LogP contribution in [-0.2, 0) is 0 Å². The summed E-state index contributed by atoms with van der Waals surface area (Å²) in [6, 6.07) is 22.8. The molecule has 0 fully saturated rings. The summed E-state index contributed by atoms with van der Waals surface area (Å²) < 4.78 is 18.7. The Hall–Kier alpha value is -3.80. The first kappa shape index (κ1) is 16.7. The number of carbonyl (C=O) groups excluding carboxylic acids is 1. The molecule has 1 N–H and O–H groups in total. The molecule has 0 saturated heterocycles. The van der Waals surface area contributed by atoms with Crippen molar-refractivity contribution in [1.82, 2.24) is 10.2 Å². The molecule has 0 aliphatic heterocycles. The van der Waals surface area contributed by atoms with Crippen LogP contribution in [0.25, 0.3) is 22.6 Å². The van der Waals surface area contributed by atoms with Crippen molar-refractivity contribution in [1.29, 1.82) is 0 Å². The van der Waals surface area contributed by atoms with Crippen molar-refractivity contribution in [3.8, 4) is 22.6 Å². The number of benzene rings is 3. The molecule has 0 spiro atoms. The maximum absolute atomic E-state index is 13.3. The van der Waals surface area contributed by atoms with Crippen LogP contribution in [0.15, 0.2) is 83.3 Å². The van der Waals surface area contributed by atoms with Gasteiger partial charge in [-0.1, -0.05) is 53.6 Å². The third kappa shape index (κ3) is 3.74. The van der Waals surface area contributed by atoms with Crippen LogP contribution in [0.4, 0.5) is 10.4 Å². The zero-order valence-corrected chi connectivity index (χ0v) is 14.1. The van der Waals surface area contributed by atoms with Gasteiger partial charge in [-0.2, -0.15) is 0 Å². The van der Waals surface area contributed by atoms with E-state index in [2.05, 4.69) is 15.5 Å². The standard InChI is InChI=1S/C21H14FN3O2/c22-18-8-4-7-17(13-18)20-24-25-21(27-20)23-19(26)16-11-9-15(10-12-16)14-5-2-1-3-6-14/h1-13H,(H,23,25,26). The summed E-state index contributed by atoms with van der Waals surface area (Å²) in [5.74, 6) is -0.650. The highest BCUT2D eigenvalue weighted by Gasteiger charge is 2.13. The molecule has 0 atom stereocenters. The second kappa shape index (κ2) is 7.21. The lowest BCUT2D eigenvalue weighted by atomic mass is 10.0. The van der Waals surface area contributed by atoms with Gasteiger partial charge in [0.2, 0.25) is 5.89 Å². The molecule has 5 nitrogen and oxygen atoms in total. The van der Waals surface area contributed by atoms with Gasteiger partial charge in [-0.25, -0.2) is 4.39 Å². The normalized spacial score (nSPS) is 10.6. The number of nitrogens with zero attached hydrogens (tertiary/aromatic N) is 2. The average molecular weight is 359 g/mol. The van der Waals surface area contributed by atoms with Crippen LogP contribution in [0.3, 0.4) is 0 Å². The molecule has 0 radical (unpaired) electrons. The summed E-state index contributed by atoms with van der Waals surface area (Å²) in [4.78, 5) is 12.4. The number of nitrogens with one attached hydrogen (secondary N) is 1. The molecule has 3 aromatic carbocycles. The molecule has 0 bridgehead atoms. The average Bonchev–Trinajstić information content (AvgIpc) is 3.17. The van der Waals surface area contributed by atoms with E-state index in [4.69, 9.17) is 4.42 Å². The van der Waals surface area contributed by atoms with Gasteiger partial charge < -0.3 is 4.42 Å². The number of halogens is 1. The Balaban J connectivity index is 1.48. The van der Waals surface area contributed by atoms with Gasteiger partial charge in [0.25, 0.3) is 5.91 Å². The monoisotopic (exact) mass is 359 g/mol. The van der Waals surface area contributed by atoms with Crippen LogP contribution in [0.2, 0.25) is 0 Å². The molecule has 132 valence electrons. The quantitative estimate of drug-likeness (QED) is 0.568. The largest absolute Gasteiger partial charge is 0.403 e. The first-order chi connectivity index (χ1) is 13.2. The minimum Gasteiger partial charge on any atom is -0.403 e. The molecule has 0 aliphatic carbocycles. The Kier molecular flexibility index (Phi) is 4.45. The van der Waals surface area contributed by atoms with Gasteiger partial charge in [0.15, 0.2) is 0 Å². The molecule has 4 rings (SSSR count). The number of amides is 1. The number of anilines is 1. The van der Waals surface area contributed by atoms with E-state index < -0.39 is 5.82 Å². The van der Waals surface area contributed by atoms with Crippen LogP contribution < -0.4 is 5.32 Å². The highest BCUT2D eigenvalue weighted by molar-refractivity contribution is 6.03. The van der Waals surface area contributed by atoms with Gasteiger partial charge in [-0.3, -0.25) is 10.1 Å². The van der Waals surface area contributed by atoms with E-state index in [0.717, 1.165) is 11.1 Å². The molecule has 6 heteroatoms. The molecule has 1 amide bonds. The number of hydrogen-bond acceptors (Lipinski definition) is 4. The first-order valence-corrected chi connectivity index (χ1v) is 8.25. The third-order valence-corrected chi connectivity index (χ3v) is 3.97. The summed E-state index contributed by atoms with van der Waals surface area (Å²) in [6.07, 6.45) is 0. The molecule has 0 unspecified atom stereocenters. The smallest absolute Gasteiger partial charge is 0.322 e. The van der Waals surface area contributed by atoms with E-state index in [1.807, 2.05) is 42.5 Å². The van der Waals surface area contributed by atoms with Crippen molar-refractivity contribution in [2.45, 2.75) is 0 Å². The molecule has 1 heterocycles. The molecular formula is C21H14FN3O2. The highest BCUT2D eigenvalue weighted by Crippen LogP contribution is 2.22.